The number of aliphatic hydroxyl groups is 2. The molecule has 0 heterocycles. The average molecular weight is 669 g/mol. The Morgan fingerprint density at radius 1 is 0.543 bits per heavy atom. The van der Waals surface area contributed by atoms with E-state index in [9.17, 15) is 27.0 Å². The summed E-state index contributed by atoms with van der Waals surface area (Å²) in [5, 5.41) is 22.9. The van der Waals surface area contributed by atoms with Crippen LogP contribution in [-0.2, 0) is 42.7 Å². The second-order valence-corrected chi connectivity index (χ2v) is 14.5. The molecular weight excluding hydrogens is 629 g/mol. The van der Waals surface area contributed by atoms with Crippen LogP contribution in [0, 0.1) is 13.8 Å². The fourth-order valence-electron chi connectivity index (χ4n) is 4.61. The third-order valence-corrected chi connectivity index (χ3v) is 10.3. The van der Waals surface area contributed by atoms with Gasteiger partial charge in [0.15, 0.2) is 0 Å². The van der Waals surface area contributed by atoms with E-state index in [-0.39, 0.29) is 36.2 Å². The second-order valence-electron chi connectivity index (χ2n) is 11.1. The third-order valence-electron chi connectivity index (χ3n) is 7.27. The highest BCUT2D eigenvalue weighted by molar-refractivity contribution is 7.89. The van der Waals surface area contributed by atoms with E-state index >= 15 is 0 Å². The number of nitrogens with one attached hydrogen (secondary N) is 2. The summed E-state index contributed by atoms with van der Waals surface area (Å²) in [6.07, 6.45) is -3.64. The van der Waals surface area contributed by atoms with Crippen molar-refractivity contribution in [3.63, 3.8) is 0 Å². The first-order chi connectivity index (χ1) is 21.9. The Kier molecular flexibility index (Phi) is 12.6. The predicted molar refractivity (Wildman–Crippen MR) is 175 cm³/mol. The first-order valence-corrected chi connectivity index (χ1v) is 17.7. The molecule has 0 spiro atoms. The van der Waals surface area contributed by atoms with E-state index < -0.39 is 44.3 Å². The van der Waals surface area contributed by atoms with E-state index in [0.29, 0.717) is 0 Å². The normalized spacial score (nSPS) is 14.8. The van der Waals surface area contributed by atoms with Crippen molar-refractivity contribution in [3.8, 4) is 0 Å². The van der Waals surface area contributed by atoms with Gasteiger partial charge in [0.2, 0.25) is 20.0 Å². The van der Waals surface area contributed by atoms with Crippen LogP contribution in [0.5, 0.6) is 0 Å². The molecule has 246 valence electrons. The van der Waals surface area contributed by atoms with Crippen molar-refractivity contribution < 1.29 is 36.5 Å². The zero-order chi connectivity index (χ0) is 33.2. The maximum atomic E-state index is 13.4. The van der Waals surface area contributed by atoms with E-state index in [1.165, 1.54) is 24.3 Å². The molecule has 0 unspecified atom stereocenters. The Labute approximate surface area is 271 Å². The number of hydrogen-bond acceptors (Lipinski definition) is 8. The molecule has 46 heavy (non-hydrogen) atoms. The van der Waals surface area contributed by atoms with Crippen molar-refractivity contribution in [2.45, 2.75) is 61.1 Å². The van der Waals surface area contributed by atoms with Gasteiger partial charge >= 0.3 is 0 Å². The molecule has 0 aromatic heterocycles. The smallest absolute Gasteiger partial charge is 0.240 e. The highest BCUT2D eigenvalue weighted by atomic mass is 32.2. The van der Waals surface area contributed by atoms with E-state index in [4.69, 9.17) is 9.47 Å². The molecule has 0 fully saturated rings. The molecule has 0 radical (unpaired) electrons. The number of aliphatic hydroxyl groups excluding tert-OH is 2. The molecule has 4 aromatic carbocycles. The largest absolute Gasteiger partial charge is 0.389 e. The van der Waals surface area contributed by atoms with Crippen molar-refractivity contribution in [2.24, 2.45) is 0 Å². The first kappa shape index (κ1) is 35.4. The lowest BCUT2D eigenvalue weighted by molar-refractivity contribution is -0.0517. The van der Waals surface area contributed by atoms with Gasteiger partial charge in [-0.25, -0.2) is 26.3 Å². The van der Waals surface area contributed by atoms with Gasteiger partial charge in [-0.1, -0.05) is 96.1 Å². The lowest BCUT2D eigenvalue weighted by Gasteiger charge is -2.32. The van der Waals surface area contributed by atoms with Crippen LogP contribution in [0.4, 0.5) is 0 Å². The van der Waals surface area contributed by atoms with Gasteiger partial charge in [0.25, 0.3) is 0 Å². The van der Waals surface area contributed by atoms with Crippen molar-refractivity contribution in [1.29, 1.82) is 0 Å². The molecule has 0 aliphatic carbocycles. The summed E-state index contributed by atoms with van der Waals surface area (Å²) in [6.45, 7) is 3.19. The van der Waals surface area contributed by atoms with Gasteiger partial charge < -0.3 is 19.7 Å². The fraction of sp³-hybridized carbons (Fsp3) is 0.294. The molecule has 0 aliphatic heterocycles. The summed E-state index contributed by atoms with van der Waals surface area (Å²) < 4.78 is 69.9. The maximum Gasteiger partial charge on any atom is 0.240 e. The van der Waals surface area contributed by atoms with Gasteiger partial charge in [0.05, 0.1) is 48.3 Å². The third kappa shape index (κ3) is 10.3. The lowest BCUT2D eigenvalue weighted by atomic mass is 10.0. The number of aryl methyl sites for hydroxylation is 2. The molecule has 4 rings (SSSR count). The molecule has 0 aliphatic rings. The SMILES string of the molecule is Cc1ccc(S(=O)(=O)N[C@@H](COCc2ccccc2)[C@@H](O)[C@H](O)[C@H](COCc2ccccc2)NS(=O)(=O)c2ccc(C)cc2)cc1. The van der Waals surface area contributed by atoms with Gasteiger partial charge in [-0.05, 0) is 49.2 Å². The Morgan fingerprint density at radius 3 is 1.20 bits per heavy atom. The molecule has 12 heteroatoms. The Hall–Kier alpha value is -3.46. The van der Waals surface area contributed by atoms with Crippen LogP contribution in [-0.4, -0.2) is 64.6 Å². The average Bonchev–Trinajstić information content (AvgIpc) is 3.04. The number of benzene rings is 4. The predicted octanol–water partition coefficient (Wildman–Crippen LogP) is 3.45. The minimum Gasteiger partial charge on any atom is -0.389 e. The number of rotatable bonds is 17. The summed E-state index contributed by atoms with van der Waals surface area (Å²) in [5.41, 5.74) is 3.35. The molecule has 4 atom stereocenters. The summed E-state index contributed by atoms with van der Waals surface area (Å²) in [7, 11) is -8.36. The van der Waals surface area contributed by atoms with Crippen molar-refractivity contribution in [2.75, 3.05) is 13.2 Å². The minimum atomic E-state index is -4.18. The standard InChI is InChI=1S/C34H40N2O8S2/c1-25-13-17-29(18-14-25)45(39,40)35-31(23-43-21-27-9-5-3-6-10-27)33(37)34(38)32(24-44-22-28-11-7-4-8-12-28)36-46(41,42)30-19-15-26(2)16-20-30/h3-20,31-38H,21-24H2,1-2H3/t31-,32-,33+,34+/m0/s1. The lowest BCUT2D eigenvalue weighted by Crippen LogP contribution is -2.58. The van der Waals surface area contributed by atoms with Gasteiger partial charge in [0.1, 0.15) is 12.2 Å². The van der Waals surface area contributed by atoms with Crippen molar-refractivity contribution in [1.82, 2.24) is 9.44 Å². The summed E-state index contributed by atoms with van der Waals surface area (Å²) in [6, 6.07) is 27.9. The molecule has 0 saturated carbocycles. The highest BCUT2D eigenvalue weighted by Crippen LogP contribution is 2.17. The number of ether oxygens (including phenoxy) is 2. The van der Waals surface area contributed by atoms with Gasteiger partial charge in [-0.3, -0.25) is 0 Å². The van der Waals surface area contributed by atoms with Crippen LogP contribution >= 0.6 is 0 Å². The number of hydrogen-bond donors (Lipinski definition) is 4. The zero-order valence-corrected chi connectivity index (χ0v) is 27.3. The highest BCUT2D eigenvalue weighted by Gasteiger charge is 2.37. The summed E-state index contributed by atoms with van der Waals surface area (Å²) in [4.78, 5) is -0.0914. The Balaban J connectivity index is 1.58. The van der Waals surface area contributed by atoms with E-state index in [1.807, 2.05) is 74.5 Å². The summed E-state index contributed by atoms with van der Waals surface area (Å²) >= 11 is 0. The van der Waals surface area contributed by atoms with Crippen LogP contribution < -0.4 is 9.44 Å². The van der Waals surface area contributed by atoms with Crippen molar-refractivity contribution in [3.05, 3.63) is 131 Å². The van der Waals surface area contributed by atoms with E-state index in [0.717, 1.165) is 22.3 Å². The quantitative estimate of drug-likeness (QED) is 0.134. The molecule has 0 bridgehead atoms. The number of sulfonamides is 2. The molecule has 10 nitrogen and oxygen atoms in total. The molecule has 0 saturated heterocycles. The molecule has 4 aromatic rings. The first-order valence-electron chi connectivity index (χ1n) is 14.7. The summed E-state index contributed by atoms with van der Waals surface area (Å²) in [5.74, 6) is 0. The van der Waals surface area contributed by atoms with Crippen LogP contribution in [0.15, 0.2) is 119 Å². The van der Waals surface area contributed by atoms with Crippen LogP contribution in [0.3, 0.4) is 0 Å². The topological polar surface area (TPSA) is 151 Å². The molecule has 4 N–H and O–H groups in total. The minimum absolute atomic E-state index is 0.0457. The Morgan fingerprint density at radius 2 is 0.870 bits per heavy atom. The molecule has 0 amide bonds. The van der Waals surface area contributed by atoms with Gasteiger partial charge in [-0.15, -0.1) is 0 Å². The van der Waals surface area contributed by atoms with Crippen LogP contribution in [0.2, 0.25) is 0 Å². The molecular formula is C34H40N2O8S2. The van der Waals surface area contributed by atoms with Crippen LogP contribution in [0.1, 0.15) is 22.3 Å². The zero-order valence-electron chi connectivity index (χ0n) is 25.7. The monoisotopic (exact) mass is 668 g/mol. The van der Waals surface area contributed by atoms with Gasteiger partial charge in [-0.2, -0.15) is 0 Å². The second kappa shape index (κ2) is 16.4. The Bertz CT molecular complexity index is 1590. The van der Waals surface area contributed by atoms with Crippen LogP contribution in [0.25, 0.3) is 0 Å². The van der Waals surface area contributed by atoms with E-state index in [1.54, 1.807) is 24.3 Å². The fourth-order valence-corrected chi connectivity index (χ4v) is 7.08. The van der Waals surface area contributed by atoms with Crippen molar-refractivity contribution >= 4 is 20.0 Å². The van der Waals surface area contributed by atoms with Gasteiger partial charge in [0, 0.05) is 0 Å². The maximum absolute atomic E-state index is 13.4. The van der Waals surface area contributed by atoms with E-state index in [2.05, 4.69) is 9.44 Å².